The minimum Gasteiger partial charge on any atom is -0.462 e. The molecule has 0 aliphatic rings. The number of carbonyl (C=O) groups is 2. The Hall–Kier alpha value is -1.40. The number of hydrogen-bond donors (Lipinski definition) is 2. The third-order valence-electron chi connectivity index (χ3n) is 2.80. The van der Waals surface area contributed by atoms with E-state index >= 15 is 0 Å². The van der Waals surface area contributed by atoms with Gasteiger partial charge >= 0.3 is 5.97 Å². The molecule has 0 fully saturated rings. The molecule has 0 aliphatic heterocycles. The van der Waals surface area contributed by atoms with Crippen molar-refractivity contribution in [2.75, 3.05) is 18.5 Å². The number of esters is 1. The molecule has 0 saturated heterocycles. The third kappa shape index (κ3) is 4.65. The summed E-state index contributed by atoms with van der Waals surface area (Å²) in [6.45, 7) is 4.54. The molecule has 0 saturated carbocycles. The van der Waals surface area contributed by atoms with Crippen LogP contribution >= 0.6 is 11.3 Å². The maximum atomic E-state index is 11.9. The summed E-state index contributed by atoms with van der Waals surface area (Å²) < 4.78 is 4.93. The number of ether oxygens (including phenoxy) is 1. The predicted octanol–water partition coefficient (Wildman–Crippen LogP) is 2.24. The number of amides is 1. The Morgan fingerprint density at radius 2 is 2.21 bits per heavy atom. The van der Waals surface area contributed by atoms with Gasteiger partial charge in [0.25, 0.3) is 0 Å². The Labute approximate surface area is 117 Å². The van der Waals surface area contributed by atoms with Gasteiger partial charge in [-0.05, 0) is 30.8 Å². The van der Waals surface area contributed by atoms with Crippen LogP contribution in [0.25, 0.3) is 0 Å². The van der Waals surface area contributed by atoms with Gasteiger partial charge in [0.05, 0.1) is 12.2 Å². The van der Waals surface area contributed by atoms with E-state index < -0.39 is 5.97 Å². The number of thiophene rings is 1. The van der Waals surface area contributed by atoms with Crippen LogP contribution in [0.3, 0.4) is 0 Å². The van der Waals surface area contributed by atoms with Crippen molar-refractivity contribution in [3.63, 3.8) is 0 Å². The molecule has 0 bridgehead atoms. The van der Waals surface area contributed by atoms with Gasteiger partial charge in [0.1, 0.15) is 5.00 Å². The standard InChI is InChI=1S/C13H20N2O3S/c1-3-9(8-14)7-11(16)15-12-10(5-6-19-12)13(17)18-4-2/h5-6,9H,3-4,7-8,14H2,1-2H3,(H,15,16). The topological polar surface area (TPSA) is 81.4 Å². The molecule has 1 aromatic heterocycles. The van der Waals surface area contributed by atoms with Gasteiger partial charge in [-0.25, -0.2) is 4.79 Å². The molecule has 1 unspecified atom stereocenters. The van der Waals surface area contributed by atoms with E-state index in [0.29, 0.717) is 30.1 Å². The van der Waals surface area contributed by atoms with Gasteiger partial charge in [-0.3, -0.25) is 4.79 Å². The van der Waals surface area contributed by atoms with E-state index in [2.05, 4.69) is 5.32 Å². The molecule has 0 aromatic carbocycles. The maximum Gasteiger partial charge on any atom is 0.341 e. The summed E-state index contributed by atoms with van der Waals surface area (Å²) in [6, 6.07) is 1.65. The van der Waals surface area contributed by atoms with Crippen molar-refractivity contribution in [3.8, 4) is 0 Å². The fourth-order valence-corrected chi connectivity index (χ4v) is 2.40. The van der Waals surface area contributed by atoms with E-state index in [4.69, 9.17) is 10.5 Å². The molecule has 1 amide bonds. The fraction of sp³-hybridized carbons (Fsp3) is 0.538. The van der Waals surface area contributed by atoms with Crippen LogP contribution in [0.4, 0.5) is 5.00 Å². The predicted molar refractivity (Wildman–Crippen MR) is 76.4 cm³/mol. The lowest BCUT2D eigenvalue weighted by atomic mass is 10.0. The van der Waals surface area contributed by atoms with Crippen LogP contribution in [0.1, 0.15) is 37.0 Å². The highest BCUT2D eigenvalue weighted by molar-refractivity contribution is 7.14. The molecular formula is C13H20N2O3S. The van der Waals surface area contributed by atoms with E-state index in [1.54, 1.807) is 18.4 Å². The highest BCUT2D eigenvalue weighted by Gasteiger charge is 2.17. The molecule has 1 aromatic rings. The molecule has 1 heterocycles. The first-order chi connectivity index (χ1) is 9.12. The molecule has 3 N–H and O–H groups in total. The average Bonchev–Trinajstić information content (AvgIpc) is 2.84. The highest BCUT2D eigenvalue weighted by atomic mass is 32.1. The second-order valence-electron chi connectivity index (χ2n) is 4.15. The Morgan fingerprint density at radius 3 is 2.79 bits per heavy atom. The lowest BCUT2D eigenvalue weighted by Gasteiger charge is -2.11. The summed E-state index contributed by atoms with van der Waals surface area (Å²) in [5.74, 6) is -0.360. The van der Waals surface area contributed by atoms with Crippen molar-refractivity contribution >= 4 is 28.2 Å². The van der Waals surface area contributed by atoms with Crippen molar-refractivity contribution in [2.24, 2.45) is 11.7 Å². The minimum atomic E-state index is -0.412. The van der Waals surface area contributed by atoms with Crippen LogP contribution in [0.15, 0.2) is 11.4 Å². The quantitative estimate of drug-likeness (QED) is 0.752. The summed E-state index contributed by atoms with van der Waals surface area (Å²) in [6.07, 6.45) is 1.23. The Morgan fingerprint density at radius 1 is 1.47 bits per heavy atom. The van der Waals surface area contributed by atoms with Gasteiger partial charge in [0, 0.05) is 6.42 Å². The molecule has 1 atom stereocenters. The molecule has 0 spiro atoms. The average molecular weight is 284 g/mol. The van der Waals surface area contributed by atoms with Crippen molar-refractivity contribution in [3.05, 3.63) is 17.0 Å². The number of carbonyl (C=O) groups excluding carboxylic acids is 2. The van der Waals surface area contributed by atoms with E-state index in [1.165, 1.54) is 11.3 Å². The van der Waals surface area contributed by atoms with Gasteiger partial charge in [-0.15, -0.1) is 11.3 Å². The Bertz CT molecular complexity index is 427. The molecule has 1 rings (SSSR count). The van der Waals surface area contributed by atoms with Gasteiger partial charge in [-0.1, -0.05) is 13.3 Å². The zero-order valence-corrected chi connectivity index (χ0v) is 12.1. The minimum absolute atomic E-state index is 0.120. The second-order valence-corrected chi connectivity index (χ2v) is 5.06. The van der Waals surface area contributed by atoms with Gasteiger partial charge < -0.3 is 15.8 Å². The van der Waals surface area contributed by atoms with E-state index in [-0.39, 0.29) is 11.8 Å². The van der Waals surface area contributed by atoms with Crippen LogP contribution in [0.5, 0.6) is 0 Å². The van der Waals surface area contributed by atoms with E-state index in [0.717, 1.165) is 6.42 Å². The largest absolute Gasteiger partial charge is 0.462 e. The number of nitrogens with two attached hydrogens (primary N) is 1. The molecule has 106 valence electrons. The van der Waals surface area contributed by atoms with Crippen molar-refractivity contribution in [2.45, 2.75) is 26.7 Å². The van der Waals surface area contributed by atoms with Crippen molar-refractivity contribution < 1.29 is 14.3 Å². The smallest absolute Gasteiger partial charge is 0.341 e. The van der Waals surface area contributed by atoms with Gasteiger partial charge in [-0.2, -0.15) is 0 Å². The highest BCUT2D eigenvalue weighted by Crippen LogP contribution is 2.24. The lowest BCUT2D eigenvalue weighted by Crippen LogP contribution is -2.22. The summed E-state index contributed by atoms with van der Waals surface area (Å²) in [5, 5.41) is 5.04. The number of rotatable bonds is 7. The Balaban J connectivity index is 2.64. The molecular weight excluding hydrogens is 264 g/mol. The Kier molecular flexibility index (Phi) is 6.52. The molecule has 0 aliphatic carbocycles. The number of anilines is 1. The SMILES string of the molecule is CCOC(=O)c1ccsc1NC(=O)CC(CC)CN. The monoisotopic (exact) mass is 284 g/mol. The van der Waals surface area contributed by atoms with Crippen molar-refractivity contribution in [1.82, 2.24) is 0 Å². The van der Waals surface area contributed by atoms with Crippen LogP contribution in [0, 0.1) is 5.92 Å². The molecule has 5 nitrogen and oxygen atoms in total. The number of nitrogens with one attached hydrogen (secondary N) is 1. The van der Waals surface area contributed by atoms with Crippen LogP contribution in [-0.2, 0) is 9.53 Å². The fourth-order valence-electron chi connectivity index (χ4n) is 1.61. The first-order valence-electron chi connectivity index (χ1n) is 6.36. The summed E-state index contributed by atoms with van der Waals surface area (Å²) in [5.41, 5.74) is 5.97. The number of hydrogen-bond acceptors (Lipinski definition) is 5. The zero-order chi connectivity index (χ0) is 14.3. The second kappa shape index (κ2) is 7.91. The molecule has 19 heavy (non-hydrogen) atoms. The van der Waals surface area contributed by atoms with Crippen LogP contribution in [-0.4, -0.2) is 25.0 Å². The maximum absolute atomic E-state index is 11.9. The third-order valence-corrected chi connectivity index (χ3v) is 3.63. The van der Waals surface area contributed by atoms with E-state index in [9.17, 15) is 9.59 Å². The molecule has 0 radical (unpaired) electrons. The van der Waals surface area contributed by atoms with E-state index in [1.807, 2.05) is 6.92 Å². The van der Waals surface area contributed by atoms with Gasteiger partial charge in [0.2, 0.25) is 5.91 Å². The first-order valence-corrected chi connectivity index (χ1v) is 7.24. The zero-order valence-electron chi connectivity index (χ0n) is 11.3. The first kappa shape index (κ1) is 15.7. The van der Waals surface area contributed by atoms with Crippen LogP contribution in [0.2, 0.25) is 0 Å². The molecule has 6 heteroatoms. The summed E-state index contributed by atoms with van der Waals surface area (Å²) in [7, 11) is 0. The summed E-state index contributed by atoms with van der Waals surface area (Å²) in [4.78, 5) is 23.5. The van der Waals surface area contributed by atoms with Gasteiger partial charge in [0.15, 0.2) is 0 Å². The van der Waals surface area contributed by atoms with Crippen molar-refractivity contribution in [1.29, 1.82) is 0 Å². The van der Waals surface area contributed by atoms with Crippen LogP contribution < -0.4 is 11.1 Å². The lowest BCUT2D eigenvalue weighted by molar-refractivity contribution is -0.117. The summed E-state index contributed by atoms with van der Waals surface area (Å²) >= 11 is 1.31. The normalized spacial score (nSPS) is 11.9.